The number of hydrogen-bond donors (Lipinski definition) is 2. The second kappa shape index (κ2) is 7.84. The summed E-state index contributed by atoms with van der Waals surface area (Å²) in [4.78, 5) is 14.3. The summed E-state index contributed by atoms with van der Waals surface area (Å²) in [6, 6.07) is 1.93. The first-order valence-electron chi connectivity index (χ1n) is 8.90. The van der Waals surface area contributed by atoms with Gasteiger partial charge in [-0.2, -0.15) is 5.10 Å². The molecule has 0 unspecified atom stereocenters. The number of hydrogen-bond acceptors (Lipinski definition) is 5. The molecule has 0 aromatic carbocycles. The Balaban J connectivity index is 1.49. The zero-order valence-electron chi connectivity index (χ0n) is 14.6. The maximum atomic E-state index is 12.5. The zero-order valence-corrected chi connectivity index (χ0v) is 15.5. The molecule has 2 N–H and O–H groups in total. The fraction of sp³-hybridized carbons (Fsp3) is 0.750. The van der Waals surface area contributed by atoms with E-state index >= 15 is 0 Å². The van der Waals surface area contributed by atoms with E-state index in [-0.39, 0.29) is 18.5 Å². The van der Waals surface area contributed by atoms with Gasteiger partial charge in [0, 0.05) is 37.8 Å². The molecule has 1 aromatic rings. The van der Waals surface area contributed by atoms with Crippen LogP contribution in [-0.4, -0.2) is 67.5 Å². The Kier molecular flexibility index (Phi) is 5.75. The fourth-order valence-corrected chi connectivity index (χ4v) is 4.42. The second-order valence-electron chi connectivity index (χ2n) is 7.03. The highest BCUT2D eigenvalue weighted by molar-refractivity contribution is 7.88. The highest BCUT2D eigenvalue weighted by Crippen LogP contribution is 2.21. The first-order valence-corrected chi connectivity index (χ1v) is 10.8. The Labute approximate surface area is 149 Å². The quantitative estimate of drug-likeness (QED) is 0.755. The largest absolute Gasteiger partial charge is 0.341 e. The van der Waals surface area contributed by atoms with Gasteiger partial charge < -0.3 is 10.2 Å². The summed E-state index contributed by atoms with van der Waals surface area (Å²) < 4.78 is 26.9. The number of piperidine rings is 2. The number of carbonyl (C=O) groups is 1. The lowest BCUT2D eigenvalue weighted by molar-refractivity contribution is -0.133. The standard InChI is InChI=1S/C16H27N5O3S/c1-25(23,24)19-14-4-8-20(9-5-14)16(22)12-21-10-6-15(18-21)13-3-2-7-17-11-13/h6,10,13-14,17,19H,2-5,7-9,11-12H2,1H3/t13-/m0/s1. The molecule has 140 valence electrons. The molecule has 0 aliphatic carbocycles. The Hall–Kier alpha value is -1.45. The molecule has 25 heavy (non-hydrogen) atoms. The van der Waals surface area contributed by atoms with Gasteiger partial charge in [0.15, 0.2) is 0 Å². The predicted octanol–water partition coefficient (Wildman–Crippen LogP) is -0.110. The van der Waals surface area contributed by atoms with Crippen molar-refractivity contribution in [1.29, 1.82) is 0 Å². The minimum Gasteiger partial charge on any atom is -0.341 e. The topological polar surface area (TPSA) is 96.3 Å². The number of carbonyl (C=O) groups excluding carboxylic acids is 1. The minimum atomic E-state index is -3.19. The predicted molar refractivity (Wildman–Crippen MR) is 94.7 cm³/mol. The smallest absolute Gasteiger partial charge is 0.244 e. The molecule has 1 amide bonds. The number of amides is 1. The van der Waals surface area contributed by atoms with Crippen LogP contribution in [0, 0.1) is 0 Å². The van der Waals surface area contributed by atoms with Crippen molar-refractivity contribution in [3.8, 4) is 0 Å². The van der Waals surface area contributed by atoms with Gasteiger partial charge in [0.1, 0.15) is 6.54 Å². The normalized spacial score (nSPS) is 22.9. The summed E-state index contributed by atoms with van der Waals surface area (Å²) >= 11 is 0. The van der Waals surface area contributed by atoms with Gasteiger partial charge in [0.25, 0.3) is 0 Å². The molecule has 1 aromatic heterocycles. The van der Waals surface area contributed by atoms with Crippen LogP contribution in [0.2, 0.25) is 0 Å². The number of aromatic nitrogens is 2. The summed E-state index contributed by atoms with van der Waals surface area (Å²) in [7, 11) is -3.19. The van der Waals surface area contributed by atoms with Gasteiger partial charge in [0.2, 0.25) is 15.9 Å². The Bertz CT molecular complexity index is 688. The van der Waals surface area contributed by atoms with Crippen molar-refractivity contribution in [3.63, 3.8) is 0 Å². The molecule has 0 bridgehead atoms. The van der Waals surface area contributed by atoms with Crippen LogP contribution in [-0.2, 0) is 21.4 Å². The first-order chi connectivity index (χ1) is 11.9. The third-order valence-corrected chi connectivity index (χ3v) is 5.66. The maximum absolute atomic E-state index is 12.5. The molecule has 0 saturated carbocycles. The average Bonchev–Trinajstić information content (AvgIpc) is 3.03. The van der Waals surface area contributed by atoms with Gasteiger partial charge in [0.05, 0.1) is 11.9 Å². The van der Waals surface area contributed by atoms with E-state index in [9.17, 15) is 13.2 Å². The highest BCUT2D eigenvalue weighted by Gasteiger charge is 2.25. The summed E-state index contributed by atoms with van der Waals surface area (Å²) in [5.41, 5.74) is 1.05. The summed E-state index contributed by atoms with van der Waals surface area (Å²) in [6.07, 6.45) is 6.64. The van der Waals surface area contributed by atoms with E-state index in [0.29, 0.717) is 31.8 Å². The van der Waals surface area contributed by atoms with E-state index in [2.05, 4.69) is 15.1 Å². The van der Waals surface area contributed by atoms with Crippen LogP contribution in [0.4, 0.5) is 0 Å². The van der Waals surface area contributed by atoms with E-state index < -0.39 is 10.0 Å². The van der Waals surface area contributed by atoms with Gasteiger partial charge in [-0.15, -0.1) is 0 Å². The van der Waals surface area contributed by atoms with Crippen molar-refractivity contribution in [3.05, 3.63) is 18.0 Å². The minimum absolute atomic E-state index is 0.0363. The lowest BCUT2D eigenvalue weighted by atomic mass is 9.97. The van der Waals surface area contributed by atoms with Crippen LogP contribution in [0.25, 0.3) is 0 Å². The van der Waals surface area contributed by atoms with E-state index in [0.717, 1.165) is 31.6 Å². The first kappa shape index (κ1) is 18.3. The molecule has 3 heterocycles. The molecule has 2 aliphatic heterocycles. The van der Waals surface area contributed by atoms with Gasteiger partial charge in [-0.05, 0) is 38.3 Å². The molecule has 0 radical (unpaired) electrons. The summed E-state index contributed by atoms with van der Waals surface area (Å²) in [6.45, 7) is 3.41. The summed E-state index contributed by atoms with van der Waals surface area (Å²) in [5.74, 6) is 0.470. The number of nitrogens with zero attached hydrogens (tertiary/aromatic N) is 3. The SMILES string of the molecule is CS(=O)(=O)NC1CCN(C(=O)Cn2ccc([C@H]3CCCNC3)n2)CC1. The van der Waals surface area contributed by atoms with Crippen LogP contribution >= 0.6 is 0 Å². The summed E-state index contributed by atoms with van der Waals surface area (Å²) in [5, 5.41) is 7.95. The number of rotatable bonds is 5. The maximum Gasteiger partial charge on any atom is 0.244 e. The molecule has 8 nitrogen and oxygen atoms in total. The van der Waals surface area contributed by atoms with Crippen molar-refractivity contribution < 1.29 is 13.2 Å². The molecule has 2 fully saturated rings. The molecule has 2 aliphatic rings. The Morgan fingerprint density at radius 3 is 2.76 bits per heavy atom. The van der Waals surface area contributed by atoms with Gasteiger partial charge in [-0.25, -0.2) is 13.1 Å². The van der Waals surface area contributed by atoms with Crippen molar-refractivity contribution >= 4 is 15.9 Å². The van der Waals surface area contributed by atoms with Crippen molar-refractivity contribution in [2.45, 2.75) is 44.2 Å². The van der Waals surface area contributed by atoms with Crippen molar-refractivity contribution in [2.75, 3.05) is 32.4 Å². The van der Waals surface area contributed by atoms with Gasteiger partial charge >= 0.3 is 0 Å². The third kappa shape index (κ3) is 5.26. The van der Waals surface area contributed by atoms with Crippen LogP contribution in [0.15, 0.2) is 12.3 Å². The van der Waals surface area contributed by atoms with Crippen molar-refractivity contribution in [1.82, 2.24) is 24.7 Å². The van der Waals surface area contributed by atoms with Crippen LogP contribution in [0.1, 0.15) is 37.3 Å². The fourth-order valence-electron chi connectivity index (χ4n) is 3.58. The third-order valence-electron chi connectivity index (χ3n) is 4.90. The zero-order chi connectivity index (χ0) is 17.9. The molecular formula is C16H27N5O3S. The lowest BCUT2D eigenvalue weighted by Gasteiger charge is -2.32. The molecule has 2 saturated heterocycles. The van der Waals surface area contributed by atoms with Crippen LogP contribution < -0.4 is 10.0 Å². The van der Waals surface area contributed by atoms with E-state index in [1.54, 1.807) is 9.58 Å². The van der Waals surface area contributed by atoms with E-state index in [1.807, 2.05) is 12.3 Å². The lowest BCUT2D eigenvalue weighted by Crippen LogP contribution is -2.47. The Morgan fingerprint density at radius 2 is 2.12 bits per heavy atom. The van der Waals surface area contributed by atoms with E-state index in [1.165, 1.54) is 6.26 Å². The number of likely N-dealkylation sites (tertiary alicyclic amines) is 1. The molecule has 9 heteroatoms. The molecule has 3 rings (SSSR count). The molecular weight excluding hydrogens is 342 g/mol. The molecule has 0 spiro atoms. The van der Waals surface area contributed by atoms with Crippen LogP contribution in [0.5, 0.6) is 0 Å². The van der Waals surface area contributed by atoms with E-state index in [4.69, 9.17) is 0 Å². The van der Waals surface area contributed by atoms with Crippen molar-refractivity contribution in [2.24, 2.45) is 0 Å². The van der Waals surface area contributed by atoms with Gasteiger partial charge in [-0.1, -0.05) is 0 Å². The highest BCUT2D eigenvalue weighted by atomic mass is 32.2. The second-order valence-corrected chi connectivity index (χ2v) is 8.81. The molecule has 1 atom stereocenters. The average molecular weight is 369 g/mol. The van der Waals surface area contributed by atoms with Crippen LogP contribution in [0.3, 0.4) is 0 Å². The van der Waals surface area contributed by atoms with Gasteiger partial charge in [-0.3, -0.25) is 9.48 Å². The Morgan fingerprint density at radius 1 is 1.36 bits per heavy atom. The monoisotopic (exact) mass is 369 g/mol. The number of nitrogens with one attached hydrogen (secondary N) is 2. The number of sulfonamides is 1.